The van der Waals surface area contributed by atoms with Gasteiger partial charge in [-0.05, 0) is 24.1 Å². The second-order valence-corrected chi connectivity index (χ2v) is 5.75. The predicted octanol–water partition coefficient (Wildman–Crippen LogP) is 2.20. The third kappa shape index (κ3) is 4.13. The minimum atomic E-state index is -0.458. The number of carbonyl (C=O) groups is 2. The Morgan fingerprint density at radius 3 is 2.42 bits per heavy atom. The molecule has 24 heavy (non-hydrogen) atoms. The van der Waals surface area contributed by atoms with Gasteiger partial charge in [0.15, 0.2) is 0 Å². The molecular weight excluding hydrogens is 304 g/mol. The number of carbonyl (C=O) groups excluding carboxylic acids is 2. The molecule has 1 aliphatic heterocycles. The fourth-order valence-electron chi connectivity index (χ4n) is 2.69. The molecule has 2 atom stereocenters. The molecule has 0 aliphatic carbocycles. The van der Waals surface area contributed by atoms with Crippen LogP contribution in [0.1, 0.15) is 24.4 Å². The number of amides is 2. The van der Waals surface area contributed by atoms with E-state index in [4.69, 9.17) is 4.74 Å². The van der Waals surface area contributed by atoms with E-state index >= 15 is 0 Å². The Hall–Kier alpha value is -2.82. The number of nitrogens with one attached hydrogen (secondary N) is 2. The lowest BCUT2D eigenvalue weighted by Gasteiger charge is -2.21. The number of hydrogen-bond acceptors (Lipinski definition) is 3. The molecule has 124 valence electrons. The summed E-state index contributed by atoms with van der Waals surface area (Å²) < 4.78 is 5.81. The number of ether oxygens (including phenoxy) is 1. The van der Waals surface area contributed by atoms with Crippen molar-refractivity contribution in [1.82, 2.24) is 10.6 Å². The van der Waals surface area contributed by atoms with Crippen LogP contribution in [0.3, 0.4) is 0 Å². The van der Waals surface area contributed by atoms with Crippen molar-refractivity contribution in [2.75, 3.05) is 6.61 Å². The Bertz CT molecular complexity index is 688. The fraction of sp³-hybridized carbons (Fsp3) is 0.263. The van der Waals surface area contributed by atoms with Crippen LogP contribution in [-0.4, -0.2) is 24.5 Å². The molecule has 3 rings (SSSR count). The summed E-state index contributed by atoms with van der Waals surface area (Å²) in [4.78, 5) is 23.7. The highest BCUT2D eigenvalue weighted by atomic mass is 16.5. The first kappa shape index (κ1) is 16.1. The van der Waals surface area contributed by atoms with Crippen molar-refractivity contribution in [2.45, 2.75) is 24.9 Å². The van der Waals surface area contributed by atoms with Crippen LogP contribution in [0.25, 0.3) is 0 Å². The highest BCUT2D eigenvalue weighted by Crippen LogP contribution is 2.17. The van der Waals surface area contributed by atoms with Gasteiger partial charge in [0, 0.05) is 6.42 Å². The average molecular weight is 324 g/mol. The minimum Gasteiger partial charge on any atom is -0.491 e. The lowest BCUT2D eigenvalue weighted by atomic mass is 10.1. The maximum Gasteiger partial charge on any atom is 0.243 e. The van der Waals surface area contributed by atoms with Gasteiger partial charge in [0.05, 0.1) is 6.04 Å². The van der Waals surface area contributed by atoms with Gasteiger partial charge in [-0.1, -0.05) is 48.5 Å². The summed E-state index contributed by atoms with van der Waals surface area (Å²) in [5, 5.41) is 5.68. The lowest BCUT2D eigenvalue weighted by Crippen LogP contribution is -2.44. The van der Waals surface area contributed by atoms with Gasteiger partial charge < -0.3 is 15.4 Å². The molecule has 0 bridgehead atoms. The molecule has 2 amide bonds. The smallest absolute Gasteiger partial charge is 0.243 e. The monoisotopic (exact) mass is 324 g/mol. The summed E-state index contributed by atoms with van der Waals surface area (Å²) in [6, 6.07) is 18.4. The molecule has 2 N–H and O–H groups in total. The summed E-state index contributed by atoms with van der Waals surface area (Å²) in [6.45, 7) is 0.320. The topological polar surface area (TPSA) is 67.4 Å². The second kappa shape index (κ2) is 7.64. The SMILES string of the molecule is O=C1CCC(C(=O)NC(COc2ccccc2)c2ccccc2)N1. The molecule has 1 heterocycles. The Kier molecular flexibility index (Phi) is 5.11. The first-order valence-electron chi connectivity index (χ1n) is 8.05. The standard InChI is InChI=1S/C19H20N2O3/c22-18-12-11-16(20-18)19(23)21-17(14-7-3-1-4-8-14)13-24-15-9-5-2-6-10-15/h1-10,16-17H,11-13H2,(H,20,22)(H,21,23). The van der Waals surface area contributed by atoms with E-state index in [0.717, 1.165) is 11.3 Å². The Morgan fingerprint density at radius 2 is 1.79 bits per heavy atom. The van der Waals surface area contributed by atoms with Crippen molar-refractivity contribution in [3.8, 4) is 5.75 Å². The van der Waals surface area contributed by atoms with Gasteiger partial charge in [-0.15, -0.1) is 0 Å². The van der Waals surface area contributed by atoms with Crippen molar-refractivity contribution in [3.63, 3.8) is 0 Å². The van der Waals surface area contributed by atoms with E-state index in [1.165, 1.54) is 0 Å². The van der Waals surface area contributed by atoms with Crippen LogP contribution in [0.4, 0.5) is 0 Å². The predicted molar refractivity (Wildman–Crippen MR) is 90.4 cm³/mol. The summed E-state index contributed by atoms with van der Waals surface area (Å²) >= 11 is 0. The molecule has 0 radical (unpaired) electrons. The van der Waals surface area contributed by atoms with Gasteiger partial charge in [-0.2, -0.15) is 0 Å². The quantitative estimate of drug-likeness (QED) is 0.856. The Balaban J connectivity index is 1.68. The first-order valence-corrected chi connectivity index (χ1v) is 8.05. The number of para-hydroxylation sites is 1. The summed E-state index contributed by atoms with van der Waals surface area (Å²) in [7, 11) is 0. The van der Waals surface area contributed by atoms with E-state index in [2.05, 4.69) is 10.6 Å². The van der Waals surface area contributed by atoms with E-state index in [-0.39, 0.29) is 17.9 Å². The van der Waals surface area contributed by atoms with Gasteiger partial charge in [-0.25, -0.2) is 0 Å². The number of hydrogen-bond donors (Lipinski definition) is 2. The van der Waals surface area contributed by atoms with Crippen molar-refractivity contribution in [2.24, 2.45) is 0 Å². The third-order valence-corrected chi connectivity index (χ3v) is 3.99. The first-order chi connectivity index (χ1) is 11.7. The Labute approximate surface area is 141 Å². The van der Waals surface area contributed by atoms with Crippen molar-refractivity contribution >= 4 is 11.8 Å². The highest BCUT2D eigenvalue weighted by Gasteiger charge is 2.29. The number of benzene rings is 2. The molecule has 1 saturated heterocycles. The van der Waals surface area contributed by atoms with Crippen molar-refractivity contribution < 1.29 is 14.3 Å². The van der Waals surface area contributed by atoms with Gasteiger partial charge in [-0.3, -0.25) is 9.59 Å². The molecule has 2 unspecified atom stereocenters. The minimum absolute atomic E-state index is 0.0769. The van der Waals surface area contributed by atoms with Crippen LogP contribution >= 0.6 is 0 Å². The van der Waals surface area contributed by atoms with E-state index in [1.807, 2.05) is 60.7 Å². The van der Waals surface area contributed by atoms with Crippen LogP contribution in [0.2, 0.25) is 0 Å². The molecule has 5 nitrogen and oxygen atoms in total. The zero-order chi connectivity index (χ0) is 16.8. The average Bonchev–Trinajstić information content (AvgIpc) is 3.06. The van der Waals surface area contributed by atoms with Crippen LogP contribution in [0, 0.1) is 0 Å². The summed E-state index contributed by atoms with van der Waals surface area (Å²) in [5.41, 5.74) is 0.964. The molecule has 1 aliphatic rings. The Morgan fingerprint density at radius 1 is 1.12 bits per heavy atom. The fourth-order valence-corrected chi connectivity index (χ4v) is 2.69. The zero-order valence-electron chi connectivity index (χ0n) is 13.3. The third-order valence-electron chi connectivity index (χ3n) is 3.99. The van der Waals surface area contributed by atoms with Crippen LogP contribution in [0.5, 0.6) is 5.75 Å². The zero-order valence-corrected chi connectivity index (χ0v) is 13.3. The van der Waals surface area contributed by atoms with Crippen molar-refractivity contribution in [1.29, 1.82) is 0 Å². The maximum absolute atomic E-state index is 12.4. The molecule has 1 fully saturated rings. The van der Waals surface area contributed by atoms with E-state index in [9.17, 15) is 9.59 Å². The lowest BCUT2D eigenvalue weighted by molar-refractivity contribution is -0.126. The molecule has 2 aromatic carbocycles. The normalized spacial score (nSPS) is 17.8. The molecule has 0 aromatic heterocycles. The van der Waals surface area contributed by atoms with E-state index in [0.29, 0.717) is 19.4 Å². The molecule has 2 aromatic rings. The van der Waals surface area contributed by atoms with Gasteiger partial charge in [0.1, 0.15) is 18.4 Å². The van der Waals surface area contributed by atoms with Gasteiger partial charge in [0.2, 0.25) is 11.8 Å². The van der Waals surface area contributed by atoms with Crippen LogP contribution in [0.15, 0.2) is 60.7 Å². The molecule has 5 heteroatoms. The van der Waals surface area contributed by atoms with Gasteiger partial charge in [0.25, 0.3) is 0 Å². The van der Waals surface area contributed by atoms with Gasteiger partial charge >= 0.3 is 0 Å². The molecule has 0 spiro atoms. The van der Waals surface area contributed by atoms with Crippen molar-refractivity contribution in [3.05, 3.63) is 66.2 Å². The van der Waals surface area contributed by atoms with E-state index in [1.54, 1.807) is 0 Å². The molecular formula is C19H20N2O3. The number of rotatable bonds is 6. The summed E-state index contributed by atoms with van der Waals surface area (Å²) in [5.74, 6) is 0.500. The van der Waals surface area contributed by atoms with Crippen LogP contribution < -0.4 is 15.4 Å². The molecule has 0 saturated carbocycles. The second-order valence-electron chi connectivity index (χ2n) is 5.75. The van der Waals surface area contributed by atoms with E-state index < -0.39 is 6.04 Å². The maximum atomic E-state index is 12.4. The summed E-state index contributed by atoms with van der Waals surface area (Å²) in [6.07, 6.45) is 0.931. The highest BCUT2D eigenvalue weighted by molar-refractivity contribution is 5.90. The van der Waals surface area contributed by atoms with Crippen LogP contribution in [-0.2, 0) is 9.59 Å². The largest absolute Gasteiger partial charge is 0.491 e.